The molecule has 0 amide bonds. The van der Waals surface area contributed by atoms with Gasteiger partial charge in [0.15, 0.2) is 0 Å². The van der Waals surface area contributed by atoms with Crippen LogP contribution >= 0.6 is 0 Å². The zero-order valence-corrected chi connectivity index (χ0v) is 7.79. The average Bonchev–Trinajstić information content (AvgIpc) is 3.01. The molecule has 1 saturated heterocycles. The van der Waals surface area contributed by atoms with E-state index >= 15 is 0 Å². The van der Waals surface area contributed by atoms with Gasteiger partial charge in [-0.1, -0.05) is 5.21 Å². The number of rotatable bonds is 2. The van der Waals surface area contributed by atoms with Crippen LogP contribution in [0.25, 0.3) is 0 Å². The summed E-state index contributed by atoms with van der Waals surface area (Å²) in [4.78, 5) is 0. The van der Waals surface area contributed by atoms with Crippen molar-refractivity contribution in [1.82, 2.24) is 36.0 Å². The van der Waals surface area contributed by atoms with Crippen molar-refractivity contribution in [2.45, 2.75) is 18.4 Å². The molecule has 2 atom stereocenters. The highest BCUT2D eigenvalue weighted by atomic mass is 16.5. The lowest BCUT2D eigenvalue weighted by Crippen LogP contribution is -2.08. The largest absolute Gasteiger partial charge is 0.369 e. The molecule has 2 unspecified atom stereocenters. The maximum Gasteiger partial charge on any atom is 0.203 e. The van der Waals surface area contributed by atoms with Crippen molar-refractivity contribution < 1.29 is 4.74 Å². The van der Waals surface area contributed by atoms with E-state index < -0.39 is 0 Å². The fraction of sp³-hybridized carbons (Fsp3) is 0.571. The second-order valence-electron chi connectivity index (χ2n) is 3.35. The van der Waals surface area contributed by atoms with Crippen molar-refractivity contribution in [3.8, 4) is 0 Å². The number of aromatic amines is 2. The molecule has 8 nitrogen and oxygen atoms in total. The summed E-state index contributed by atoms with van der Waals surface area (Å²) in [6.07, 6.45) is 2.42. The molecule has 78 valence electrons. The van der Waals surface area contributed by atoms with Crippen LogP contribution in [0.5, 0.6) is 0 Å². The van der Waals surface area contributed by atoms with E-state index in [2.05, 4.69) is 36.0 Å². The van der Waals surface area contributed by atoms with Gasteiger partial charge in [-0.05, 0) is 6.42 Å². The van der Waals surface area contributed by atoms with E-state index in [1.165, 1.54) is 0 Å². The van der Waals surface area contributed by atoms with E-state index in [1.54, 1.807) is 6.20 Å². The minimum Gasteiger partial charge on any atom is -0.369 e. The summed E-state index contributed by atoms with van der Waals surface area (Å²) in [7, 11) is 0. The van der Waals surface area contributed by atoms with Gasteiger partial charge in [0.05, 0.1) is 11.9 Å². The van der Waals surface area contributed by atoms with Crippen LogP contribution < -0.4 is 0 Å². The van der Waals surface area contributed by atoms with Gasteiger partial charge >= 0.3 is 0 Å². The van der Waals surface area contributed by atoms with Gasteiger partial charge in [-0.3, -0.25) is 0 Å². The van der Waals surface area contributed by atoms with Crippen LogP contribution in [-0.4, -0.2) is 42.6 Å². The Bertz CT molecular complexity index is 370. The second kappa shape index (κ2) is 3.39. The molecule has 2 N–H and O–H groups in total. The highest BCUT2D eigenvalue weighted by Gasteiger charge is 2.35. The Kier molecular flexibility index (Phi) is 1.91. The third-order valence-electron chi connectivity index (χ3n) is 2.52. The van der Waals surface area contributed by atoms with Gasteiger partial charge < -0.3 is 4.74 Å². The molecular weight excluding hydrogens is 198 g/mol. The van der Waals surface area contributed by atoms with Gasteiger partial charge in [-0.15, -0.1) is 10.2 Å². The fourth-order valence-electron chi connectivity index (χ4n) is 1.83. The predicted molar refractivity (Wildman–Crippen MR) is 46.6 cm³/mol. The molecular formula is C7H9N7O. The molecule has 3 heterocycles. The van der Waals surface area contributed by atoms with E-state index in [0.717, 1.165) is 12.1 Å². The zero-order valence-electron chi connectivity index (χ0n) is 7.79. The molecule has 0 spiro atoms. The van der Waals surface area contributed by atoms with Gasteiger partial charge in [-0.2, -0.15) is 20.6 Å². The number of aromatic nitrogens is 7. The molecule has 2 aromatic heterocycles. The van der Waals surface area contributed by atoms with Gasteiger partial charge in [0, 0.05) is 12.5 Å². The van der Waals surface area contributed by atoms with Gasteiger partial charge in [0.2, 0.25) is 5.82 Å². The van der Waals surface area contributed by atoms with Crippen molar-refractivity contribution in [3.63, 3.8) is 0 Å². The van der Waals surface area contributed by atoms with Gasteiger partial charge in [-0.25, -0.2) is 0 Å². The van der Waals surface area contributed by atoms with E-state index in [9.17, 15) is 0 Å². The second-order valence-corrected chi connectivity index (χ2v) is 3.35. The Labute approximate surface area is 84.4 Å². The maximum atomic E-state index is 5.57. The van der Waals surface area contributed by atoms with Gasteiger partial charge in [0.1, 0.15) is 6.10 Å². The molecule has 8 heteroatoms. The van der Waals surface area contributed by atoms with E-state index in [0.29, 0.717) is 12.4 Å². The molecule has 0 radical (unpaired) electrons. The van der Waals surface area contributed by atoms with Crippen LogP contribution in [-0.2, 0) is 4.74 Å². The molecule has 0 bridgehead atoms. The third kappa shape index (κ3) is 1.38. The van der Waals surface area contributed by atoms with Crippen molar-refractivity contribution >= 4 is 0 Å². The standard InChI is InChI=1S/C7H9N7O/c1-2-15-6(7-10-13-14-11-7)4(1)5-3-8-12-9-5/h3-4,6H,1-2H2,(H,8,9,12)(H,10,11,13,14). The molecule has 0 aliphatic carbocycles. The van der Waals surface area contributed by atoms with Crippen molar-refractivity contribution in [2.75, 3.05) is 6.61 Å². The monoisotopic (exact) mass is 207 g/mol. The lowest BCUT2D eigenvalue weighted by atomic mass is 9.98. The number of hydrogen-bond donors (Lipinski definition) is 2. The molecule has 1 aliphatic rings. The quantitative estimate of drug-likeness (QED) is 0.691. The Morgan fingerprint density at radius 1 is 1.33 bits per heavy atom. The van der Waals surface area contributed by atoms with Crippen LogP contribution in [0.4, 0.5) is 0 Å². The Balaban J connectivity index is 1.90. The maximum absolute atomic E-state index is 5.57. The molecule has 15 heavy (non-hydrogen) atoms. The lowest BCUT2D eigenvalue weighted by molar-refractivity contribution is 0.0965. The minimum atomic E-state index is -0.172. The first-order chi connectivity index (χ1) is 7.45. The first-order valence-corrected chi connectivity index (χ1v) is 4.66. The lowest BCUT2D eigenvalue weighted by Gasteiger charge is -2.11. The summed E-state index contributed by atoms with van der Waals surface area (Å²) in [6.45, 7) is 0.677. The van der Waals surface area contributed by atoms with E-state index in [-0.39, 0.29) is 12.0 Å². The molecule has 3 rings (SSSR count). The summed E-state index contributed by atoms with van der Waals surface area (Å²) in [6, 6.07) is 0. The van der Waals surface area contributed by atoms with Crippen molar-refractivity contribution in [1.29, 1.82) is 0 Å². The van der Waals surface area contributed by atoms with Crippen LogP contribution in [0.15, 0.2) is 6.20 Å². The molecule has 1 fully saturated rings. The normalized spacial score (nSPS) is 25.9. The molecule has 0 aromatic carbocycles. The van der Waals surface area contributed by atoms with Gasteiger partial charge in [0.25, 0.3) is 0 Å². The van der Waals surface area contributed by atoms with Crippen molar-refractivity contribution in [3.05, 3.63) is 17.7 Å². The summed E-state index contributed by atoms with van der Waals surface area (Å²) < 4.78 is 5.57. The topological polar surface area (TPSA) is 105 Å². The third-order valence-corrected chi connectivity index (χ3v) is 2.52. The van der Waals surface area contributed by atoms with Crippen LogP contribution in [0.2, 0.25) is 0 Å². The van der Waals surface area contributed by atoms with Crippen LogP contribution in [0, 0.1) is 0 Å². The first-order valence-electron chi connectivity index (χ1n) is 4.66. The van der Waals surface area contributed by atoms with Crippen LogP contribution in [0.3, 0.4) is 0 Å². The molecule has 1 aliphatic heterocycles. The van der Waals surface area contributed by atoms with E-state index in [1.807, 2.05) is 0 Å². The smallest absolute Gasteiger partial charge is 0.203 e. The summed E-state index contributed by atoms with van der Waals surface area (Å²) in [5, 5.41) is 24.2. The zero-order chi connectivity index (χ0) is 10.1. The summed E-state index contributed by atoms with van der Waals surface area (Å²) in [5.41, 5.74) is 0.877. The first kappa shape index (κ1) is 8.48. The predicted octanol–water partition coefficient (Wildman–Crippen LogP) is -0.437. The van der Waals surface area contributed by atoms with E-state index in [4.69, 9.17) is 4.74 Å². The van der Waals surface area contributed by atoms with Crippen LogP contribution in [0.1, 0.15) is 30.0 Å². The summed E-state index contributed by atoms with van der Waals surface area (Å²) >= 11 is 0. The molecule has 0 saturated carbocycles. The highest BCUT2D eigenvalue weighted by Crippen LogP contribution is 2.38. The molecule has 2 aromatic rings. The Morgan fingerprint density at radius 2 is 2.33 bits per heavy atom. The Morgan fingerprint density at radius 3 is 3.07 bits per heavy atom. The number of hydrogen-bond acceptors (Lipinski definition) is 6. The summed E-state index contributed by atoms with van der Waals surface area (Å²) in [5.74, 6) is 0.724. The number of ether oxygens (including phenoxy) is 1. The fourth-order valence-corrected chi connectivity index (χ4v) is 1.83. The minimum absolute atomic E-state index is 0.154. The average molecular weight is 207 g/mol. The SMILES string of the molecule is c1n[nH]nc1C1CCOC1c1nn[nH]n1. The number of H-pyrrole nitrogens is 2. The van der Waals surface area contributed by atoms with Crippen molar-refractivity contribution in [2.24, 2.45) is 0 Å². The number of nitrogens with one attached hydrogen (secondary N) is 2. The number of tetrazole rings is 1. The highest BCUT2D eigenvalue weighted by molar-refractivity contribution is 5.10. The Hall–Kier alpha value is -1.83. The number of nitrogens with zero attached hydrogens (tertiary/aromatic N) is 5.